The predicted molar refractivity (Wildman–Crippen MR) is 82.7 cm³/mol. The Balaban J connectivity index is 1.62. The van der Waals surface area contributed by atoms with Crippen LogP contribution in [0.15, 0.2) is 42.7 Å². The second-order valence-electron chi connectivity index (χ2n) is 5.81. The number of likely N-dealkylation sites (tertiary alicyclic amines) is 1. The van der Waals surface area contributed by atoms with E-state index in [-0.39, 0.29) is 5.91 Å². The summed E-state index contributed by atoms with van der Waals surface area (Å²) in [6.07, 6.45) is 5.64. The molecule has 2 N–H and O–H groups in total. The van der Waals surface area contributed by atoms with Gasteiger partial charge in [-0.05, 0) is 24.3 Å². The number of rotatable bonds is 4. The summed E-state index contributed by atoms with van der Waals surface area (Å²) in [5, 5.41) is 7.82. The fraction of sp³-hybridized carbons (Fsp3) is 0.438. The SMILES string of the molecule is N[C@@H](C(=O)N1CCC[C@@H](Cn2ccnn2)C1)c1ccccc1. The van der Waals surface area contributed by atoms with Gasteiger partial charge in [-0.25, -0.2) is 0 Å². The van der Waals surface area contributed by atoms with E-state index < -0.39 is 6.04 Å². The molecular weight excluding hydrogens is 278 g/mol. The molecule has 6 heteroatoms. The minimum absolute atomic E-state index is 0.00879. The molecule has 0 saturated carbocycles. The van der Waals surface area contributed by atoms with E-state index in [2.05, 4.69) is 10.3 Å². The first-order chi connectivity index (χ1) is 10.7. The van der Waals surface area contributed by atoms with Crippen LogP contribution in [0.2, 0.25) is 0 Å². The molecule has 1 aromatic heterocycles. The number of hydrogen-bond donors (Lipinski definition) is 1. The fourth-order valence-electron chi connectivity index (χ4n) is 3.01. The smallest absolute Gasteiger partial charge is 0.244 e. The van der Waals surface area contributed by atoms with Crippen molar-refractivity contribution in [3.8, 4) is 0 Å². The molecule has 1 aliphatic rings. The molecule has 0 unspecified atom stereocenters. The van der Waals surface area contributed by atoms with Crippen LogP contribution in [0.1, 0.15) is 24.4 Å². The van der Waals surface area contributed by atoms with E-state index in [1.54, 1.807) is 6.20 Å². The summed E-state index contributed by atoms with van der Waals surface area (Å²) in [5.74, 6) is 0.414. The van der Waals surface area contributed by atoms with E-state index in [9.17, 15) is 4.79 Å². The molecule has 2 atom stereocenters. The second kappa shape index (κ2) is 6.70. The van der Waals surface area contributed by atoms with Crippen molar-refractivity contribution in [2.75, 3.05) is 13.1 Å². The Morgan fingerprint density at radius 1 is 1.36 bits per heavy atom. The highest BCUT2D eigenvalue weighted by molar-refractivity contribution is 5.83. The number of benzene rings is 1. The van der Waals surface area contributed by atoms with Crippen LogP contribution in [-0.2, 0) is 11.3 Å². The van der Waals surface area contributed by atoms with Crippen LogP contribution in [-0.4, -0.2) is 38.9 Å². The second-order valence-corrected chi connectivity index (χ2v) is 5.81. The third kappa shape index (κ3) is 3.33. The van der Waals surface area contributed by atoms with Crippen LogP contribution in [0.3, 0.4) is 0 Å². The molecule has 2 aromatic rings. The number of piperidine rings is 1. The Bertz CT molecular complexity index is 598. The van der Waals surface area contributed by atoms with Crippen molar-refractivity contribution in [2.24, 2.45) is 11.7 Å². The zero-order valence-electron chi connectivity index (χ0n) is 12.5. The lowest BCUT2D eigenvalue weighted by atomic mass is 9.96. The van der Waals surface area contributed by atoms with Gasteiger partial charge in [0.2, 0.25) is 5.91 Å². The molecule has 0 bridgehead atoms. The van der Waals surface area contributed by atoms with Gasteiger partial charge in [-0.15, -0.1) is 5.10 Å². The van der Waals surface area contributed by atoms with E-state index in [1.165, 1.54) is 0 Å². The Morgan fingerprint density at radius 3 is 2.91 bits per heavy atom. The van der Waals surface area contributed by atoms with Crippen LogP contribution < -0.4 is 5.73 Å². The van der Waals surface area contributed by atoms with Gasteiger partial charge >= 0.3 is 0 Å². The van der Waals surface area contributed by atoms with E-state index >= 15 is 0 Å². The van der Waals surface area contributed by atoms with Gasteiger partial charge in [-0.3, -0.25) is 9.48 Å². The molecule has 6 nitrogen and oxygen atoms in total. The maximum atomic E-state index is 12.6. The average molecular weight is 299 g/mol. The van der Waals surface area contributed by atoms with Crippen LogP contribution in [0.5, 0.6) is 0 Å². The highest BCUT2D eigenvalue weighted by Crippen LogP contribution is 2.21. The standard InChI is InChI=1S/C16H21N5O/c17-15(14-6-2-1-3-7-14)16(22)20-9-4-5-13(11-20)12-21-10-8-18-19-21/h1-3,6-8,10,13,15H,4-5,9,11-12,17H2/t13-,15-/m1/s1. The Morgan fingerprint density at radius 2 is 2.18 bits per heavy atom. The Kier molecular flexibility index (Phi) is 4.48. The zero-order valence-corrected chi connectivity index (χ0v) is 12.5. The molecule has 1 aromatic carbocycles. The van der Waals surface area contributed by atoms with Gasteiger partial charge in [0.1, 0.15) is 6.04 Å². The Labute approximate surface area is 129 Å². The third-order valence-corrected chi connectivity index (χ3v) is 4.17. The molecule has 1 saturated heterocycles. The molecule has 1 fully saturated rings. The average Bonchev–Trinajstić information content (AvgIpc) is 3.07. The van der Waals surface area contributed by atoms with Crippen LogP contribution in [0.25, 0.3) is 0 Å². The molecule has 0 aliphatic carbocycles. The minimum Gasteiger partial charge on any atom is -0.341 e. The molecular formula is C16H21N5O. The van der Waals surface area contributed by atoms with Crippen LogP contribution in [0.4, 0.5) is 0 Å². The number of carbonyl (C=O) groups excluding carboxylic acids is 1. The molecule has 0 spiro atoms. The number of nitrogens with zero attached hydrogens (tertiary/aromatic N) is 4. The van der Waals surface area contributed by atoms with Crippen LogP contribution in [0, 0.1) is 5.92 Å². The summed E-state index contributed by atoms with van der Waals surface area (Å²) in [4.78, 5) is 14.5. The fourth-order valence-corrected chi connectivity index (χ4v) is 3.01. The summed E-state index contributed by atoms with van der Waals surface area (Å²) in [6, 6.07) is 8.97. The number of hydrogen-bond acceptors (Lipinski definition) is 4. The lowest BCUT2D eigenvalue weighted by molar-refractivity contribution is -0.134. The number of nitrogens with two attached hydrogens (primary N) is 1. The monoisotopic (exact) mass is 299 g/mol. The highest BCUT2D eigenvalue weighted by Gasteiger charge is 2.28. The predicted octanol–water partition coefficient (Wildman–Crippen LogP) is 1.22. The summed E-state index contributed by atoms with van der Waals surface area (Å²) in [7, 11) is 0. The summed E-state index contributed by atoms with van der Waals surface area (Å²) >= 11 is 0. The first-order valence-corrected chi connectivity index (χ1v) is 7.67. The van der Waals surface area contributed by atoms with E-state index in [0.29, 0.717) is 5.92 Å². The van der Waals surface area contributed by atoms with Gasteiger partial charge in [0.05, 0.1) is 6.20 Å². The summed E-state index contributed by atoms with van der Waals surface area (Å²) < 4.78 is 1.83. The van der Waals surface area contributed by atoms with Crippen molar-refractivity contribution in [2.45, 2.75) is 25.4 Å². The van der Waals surface area contributed by atoms with Gasteiger partial charge in [0, 0.05) is 25.8 Å². The van der Waals surface area contributed by atoms with Gasteiger partial charge < -0.3 is 10.6 Å². The highest BCUT2D eigenvalue weighted by atomic mass is 16.2. The largest absolute Gasteiger partial charge is 0.341 e. The maximum absolute atomic E-state index is 12.6. The van der Waals surface area contributed by atoms with E-state index in [0.717, 1.165) is 38.0 Å². The van der Waals surface area contributed by atoms with Gasteiger partial charge in [0.15, 0.2) is 0 Å². The minimum atomic E-state index is -0.577. The first-order valence-electron chi connectivity index (χ1n) is 7.67. The first kappa shape index (κ1) is 14.7. The van der Waals surface area contributed by atoms with Crippen molar-refractivity contribution in [3.63, 3.8) is 0 Å². The lowest BCUT2D eigenvalue weighted by Crippen LogP contribution is -2.45. The van der Waals surface area contributed by atoms with Gasteiger partial charge in [-0.1, -0.05) is 35.5 Å². The number of carbonyl (C=O) groups is 1. The zero-order chi connectivity index (χ0) is 15.4. The maximum Gasteiger partial charge on any atom is 0.244 e. The molecule has 0 radical (unpaired) electrons. The summed E-state index contributed by atoms with van der Waals surface area (Å²) in [6.45, 7) is 2.32. The quantitative estimate of drug-likeness (QED) is 0.921. The molecule has 1 amide bonds. The van der Waals surface area contributed by atoms with E-state index in [1.807, 2.05) is 46.1 Å². The lowest BCUT2D eigenvalue weighted by Gasteiger charge is -2.34. The van der Waals surface area contributed by atoms with Gasteiger partial charge in [-0.2, -0.15) is 0 Å². The Hall–Kier alpha value is -2.21. The third-order valence-electron chi connectivity index (χ3n) is 4.17. The topological polar surface area (TPSA) is 77.0 Å². The van der Waals surface area contributed by atoms with E-state index in [4.69, 9.17) is 5.73 Å². The number of aromatic nitrogens is 3. The molecule has 2 heterocycles. The molecule has 116 valence electrons. The van der Waals surface area contributed by atoms with Crippen molar-refractivity contribution in [1.29, 1.82) is 0 Å². The molecule has 1 aliphatic heterocycles. The molecule has 22 heavy (non-hydrogen) atoms. The molecule has 3 rings (SSSR count). The van der Waals surface area contributed by atoms with Crippen molar-refractivity contribution < 1.29 is 4.79 Å². The van der Waals surface area contributed by atoms with Crippen molar-refractivity contribution >= 4 is 5.91 Å². The van der Waals surface area contributed by atoms with Crippen LogP contribution >= 0.6 is 0 Å². The number of amides is 1. The van der Waals surface area contributed by atoms with Crippen molar-refractivity contribution in [3.05, 3.63) is 48.3 Å². The van der Waals surface area contributed by atoms with Gasteiger partial charge in [0.25, 0.3) is 0 Å². The summed E-state index contributed by atoms with van der Waals surface area (Å²) in [5.41, 5.74) is 7.00. The van der Waals surface area contributed by atoms with Crippen molar-refractivity contribution in [1.82, 2.24) is 19.9 Å². The normalized spacial score (nSPS) is 19.9.